The summed E-state index contributed by atoms with van der Waals surface area (Å²) in [5.41, 5.74) is 2.14. The molecule has 0 saturated carbocycles. The number of pyridine rings is 2. The van der Waals surface area contributed by atoms with Gasteiger partial charge in [0.25, 0.3) is 12.3 Å². The van der Waals surface area contributed by atoms with E-state index in [1.54, 1.807) is 31.5 Å². The smallest absolute Gasteiger partial charge is 0.281 e. The molecule has 3 aromatic rings. The third-order valence-corrected chi connectivity index (χ3v) is 3.92. The van der Waals surface area contributed by atoms with Gasteiger partial charge in [0, 0.05) is 29.0 Å². The van der Waals surface area contributed by atoms with E-state index in [-0.39, 0.29) is 16.5 Å². The van der Waals surface area contributed by atoms with Crippen LogP contribution in [0.5, 0.6) is 0 Å². The van der Waals surface area contributed by atoms with Crippen LogP contribution in [0.1, 0.15) is 28.3 Å². The number of alkyl halides is 2. The number of carbonyl (C=O) groups excluding carboxylic acids is 1. The fourth-order valence-electron chi connectivity index (χ4n) is 2.09. The van der Waals surface area contributed by atoms with Crippen molar-refractivity contribution in [2.45, 2.75) is 13.3 Å². The van der Waals surface area contributed by atoms with Gasteiger partial charge in [-0.25, -0.2) is 18.7 Å². The number of hydrogen-bond donors (Lipinski definition) is 1. The summed E-state index contributed by atoms with van der Waals surface area (Å²) in [7, 11) is 0. The lowest BCUT2D eigenvalue weighted by Gasteiger charge is -2.06. The first-order valence-electron chi connectivity index (χ1n) is 6.97. The Morgan fingerprint density at radius 2 is 2.08 bits per heavy atom. The maximum absolute atomic E-state index is 12.5. The summed E-state index contributed by atoms with van der Waals surface area (Å²) in [5.74, 6) is -0.501. The fraction of sp³-hybridized carbons (Fsp3) is 0.125. The second-order valence-corrected chi connectivity index (χ2v) is 5.81. The van der Waals surface area contributed by atoms with Crippen molar-refractivity contribution < 1.29 is 13.6 Å². The van der Waals surface area contributed by atoms with E-state index in [9.17, 15) is 13.6 Å². The summed E-state index contributed by atoms with van der Waals surface area (Å²) in [4.78, 5) is 24.2. The van der Waals surface area contributed by atoms with E-state index in [4.69, 9.17) is 0 Å². The average Bonchev–Trinajstić information content (AvgIpc) is 3.04. The molecule has 0 bridgehead atoms. The molecule has 0 spiro atoms. The number of halogens is 2. The van der Waals surface area contributed by atoms with Gasteiger partial charge in [-0.05, 0) is 30.7 Å². The minimum atomic E-state index is -2.67. The van der Waals surface area contributed by atoms with Crippen molar-refractivity contribution in [1.29, 1.82) is 0 Å². The van der Waals surface area contributed by atoms with Crippen LogP contribution < -0.4 is 5.32 Å². The molecule has 1 N–H and O–H groups in total. The van der Waals surface area contributed by atoms with Crippen LogP contribution >= 0.6 is 11.3 Å². The van der Waals surface area contributed by atoms with Crippen molar-refractivity contribution in [2.75, 3.05) is 5.32 Å². The molecule has 0 fully saturated rings. The molecule has 3 rings (SSSR count). The molecule has 0 atom stereocenters. The second-order valence-electron chi connectivity index (χ2n) is 4.96. The van der Waals surface area contributed by atoms with Gasteiger partial charge in [0.05, 0.1) is 0 Å². The van der Waals surface area contributed by atoms with Crippen LogP contribution in [0, 0.1) is 6.92 Å². The Hall–Kier alpha value is -2.74. The summed E-state index contributed by atoms with van der Waals surface area (Å²) >= 11 is 0.945. The van der Waals surface area contributed by atoms with Crippen LogP contribution in [-0.4, -0.2) is 20.9 Å². The Morgan fingerprint density at radius 1 is 1.25 bits per heavy atom. The number of amides is 1. The second kappa shape index (κ2) is 6.79. The van der Waals surface area contributed by atoms with Gasteiger partial charge in [-0.2, -0.15) is 0 Å². The molecule has 3 aromatic heterocycles. The zero-order valence-electron chi connectivity index (χ0n) is 12.5. The van der Waals surface area contributed by atoms with E-state index in [0.717, 1.165) is 22.5 Å². The topological polar surface area (TPSA) is 67.8 Å². The number of nitrogens with zero attached hydrogens (tertiary/aromatic N) is 3. The van der Waals surface area contributed by atoms with E-state index >= 15 is 0 Å². The summed E-state index contributed by atoms with van der Waals surface area (Å²) in [6.45, 7) is 1.77. The largest absolute Gasteiger partial charge is 0.296 e. The third-order valence-electron chi connectivity index (χ3n) is 3.15. The number of hydrogen-bond acceptors (Lipinski definition) is 5. The molecule has 0 aliphatic carbocycles. The number of aromatic nitrogens is 3. The predicted molar refractivity (Wildman–Crippen MR) is 87.2 cm³/mol. The van der Waals surface area contributed by atoms with Gasteiger partial charge in [0.2, 0.25) is 0 Å². The highest BCUT2D eigenvalue weighted by Crippen LogP contribution is 2.25. The first kappa shape index (κ1) is 16.1. The third kappa shape index (κ3) is 3.60. The standard InChI is InChI=1S/C16H12F2N4OS/c1-9-5-11(10-3-2-4-19-7-10)6-12(20-9)15(23)22-16-21-13(8-24-16)14(17)18/h2-8,14H,1H3,(H,21,22,23). The Bertz CT molecular complexity index is 868. The molecule has 0 unspecified atom stereocenters. The minimum Gasteiger partial charge on any atom is -0.296 e. The lowest BCUT2D eigenvalue weighted by molar-refractivity contribution is 0.102. The SMILES string of the molecule is Cc1cc(-c2cccnc2)cc(C(=O)Nc2nc(C(F)F)cs2)n1. The van der Waals surface area contributed by atoms with Crippen LogP contribution in [0.25, 0.3) is 11.1 Å². The maximum atomic E-state index is 12.5. The summed E-state index contributed by atoms with van der Waals surface area (Å²) in [5, 5.41) is 3.82. The minimum absolute atomic E-state index is 0.113. The monoisotopic (exact) mass is 346 g/mol. The highest BCUT2D eigenvalue weighted by Gasteiger charge is 2.15. The average molecular weight is 346 g/mol. The highest BCUT2D eigenvalue weighted by molar-refractivity contribution is 7.14. The first-order valence-corrected chi connectivity index (χ1v) is 7.85. The number of carbonyl (C=O) groups is 1. The van der Waals surface area contributed by atoms with Crippen LogP contribution in [-0.2, 0) is 0 Å². The molecule has 8 heteroatoms. The lowest BCUT2D eigenvalue weighted by atomic mass is 10.1. The molecule has 3 heterocycles. The van der Waals surface area contributed by atoms with Gasteiger partial charge in [-0.15, -0.1) is 11.3 Å². The van der Waals surface area contributed by atoms with Gasteiger partial charge in [0.1, 0.15) is 11.4 Å². The van der Waals surface area contributed by atoms with Gasteiger partial charge in [-0.3, -0.25) is 15.1 Å². The number of thiazole rings is 1. The van der Waals surface area contributed by atoms with Crippen LogP contribution in [0.4, 0.5) is 13.9 Å². The Labute approximate surface area is 140 Å². The Morgan fingerprint density at radius 3 is 2.75 bits per heavy atom. The Kier molecular flexibility index (Phi) is 4.57. The molecule has 24 heavy (non-hydrogen) atoms. The van der Waals surface area contributed by atoms with Gasteiger partial charge in [0.15, 0.2) is 5.13 Å². The van der Waals surface area contributed by atoms with E-state index in [2.05, 4.69) is 20.3 Å². The first-order chi connectivity index (χ1) is 11.5. The van der Waals surface area contributed by atoms with E-state index in [1.807, 2.05) is 12.1 Å². The lowest BCUT2D eigenvalue weighted by Crippen LogP contribution is -2.14. The molecule has 0 aliphatic rings. The molecule has 5 nitrogen and oxygen atoms in total. The normalized spacial score (nSPS) is 10.8. The molecular weight excluding hydrogens is 334 g/mol. The van der Waals surface area contributed by atoms with E-state index < -0.39 is 12.3 Å². The molecular formula is C16H12F2N4OS. The maximum Gasteiger partial charge on any atom is 0.281 e. The van der Waals surface area contributed by atoms with Crippen molar-refractivity contribution in [1.82, 2.24) is 15.0 Å². The quantitative estimate of drug-likeness (QED) is 0.772. The fourth-order valence-corrected chi connectivity index (χ4v) is 2.79. The van der Waals surface area contributed by atoms with Crippen molar-refractivity contribution in [3.63, 3.8) is 0 Å². The van der Waals surface area contributed by atoms with Crippen molar-refractivity contribution >= 4 is 22.4 Å². The van der Waals surface area contributed by atoms with Crippen LogP contribution in [0.2, 0.25) is 0 Å². The number of aryl methyl sites for hydroxylation is 1. The number of nitrogens with one attached hydrogen (secondary N) is 1. The van der Waals surface area contributed by atoms with Gasteiger partial charge >= 0.3 is 0 Å². The van der Waals surface area contributed by atoms with E-state index in [1.165, 1.54) is 5.38 Å². The molecule has 0 saturated heterocycles. The molecule has 0 aromatic carbocycles. The summed E-state index contributed by atoms with van der Waals surface area (Å²) < 4.78 is 25.1. The predicted octanol–water partition coefficient (Wildman–Crippen LogP) is 4.10. The zero-order valence-corrected chi connectivity index (χ0v) is 13.3. The summed E-state index contributed by atoms with van der Waals surface area (Å²) in [6, 6.07) is 7.14. The van der Waals surface area contributed by atoms with Gasteiger partial charge < -0.3 is 0 Å². The molecule has 122 valence electrons. The zero-order chi connectivity index (χ0) is 17.1. The molecule has 1 amide bonds. The van der Waals surface area contributed by atoms with Gasteiger partial charge in [-0.1, -0.05) is 6.07 Å². The molecule has 0 radical (unpaired) electrons. The van der Waals surface area contributed by atoms with Crippen molar-refractivity contribution in [3.8, 4) is 11.1 Å². The highest BCUT2D eigenvalue weighted by atomic mass is 32.1. The van der Waals surface area contributed by atoms with E-state index in [0.29, 0.717) is 5.69 Å². The number of anilines is 1. The van der Waals surface area contributed by atoms with Crippen LogP contribution in [0.15, 0.2) is 42.0 Å². The van der Waals surface area contributed by atoms with Crippen molar-refractivity contribution in [2.24, 2.45) is 0 Å². The van der Waals surface area contributed by atoms with Crippen molar-refractivity contribution in [3.05, 3.63) is 59.1 Å². The molecule has 0 aliphatic heterocycles. The Balaban J connectivity index is 1.85. The summed E-state index contributed by atoms with van der Waals surface area (Å²) in [6.07, 6.45) is 0.682. The van der Waals surface area contributed by atoms with Crippen LogP contribution in [0.3, 0.4) is 0 Å². The number of rotatable bonds is 4.